The molecule has 0 aliphatic carbocycles. The summed E-state index contributed by atoms with van der Waals surface area (Å²) in [5, 5.41) is 12.6. The van der Waals surface area contributed by atoms with Crippen molar-refractivity contribution in [1.29, 1.82) is 0 Å². The minimum Gasteiger partial charge on any atom is -0.465 e. The van der Waals surface area contributed by atoms with Crippen molar-refractivity contribution in [1.82, 2.24) is 4.57 Å². The molecule has 0 radical (unpaired) electrons. The van der Waals surface area contributed by atoms with Gasteiger partial charge in [0.1, 0.15) is 0 Å². The maximum atomic E-state index is 10.8. The lowest BCUT2D eigenvalue weighted by Gasteiger charge is -2.07. The highest BCUT2D eigenvalue weighted by atomic mass is 35.5. The van der Waals surface area contributed by atoms with Gasteiger partial charge in [0.2, 0.25) is 0 Å². The fraction of sp³-hybridized carbons (Fsp3) is 0.400. The van der Waals surface area contributed by atoms with Crippen molar-refractivity contribution in [3.63, 3.8) is 0 Å². The van der Waals surface area contributed by atoms with E-state index in [1.807, 2.05) is 18.3 Å². The zero-order valence-corrected chi connectivity index (χ0v) is 12.3. The number of carboxylic acid groups (broad SMARTS) is 1. The Morgan fingerprint density at radius 2 is 2.15 bits per heavy atom. The summed E-state index contributed by atoms with van der Waals surface area (Å²) in [6.07, 6.45) is 5.54. The molecule has 108 valence electrons. The van der Waals surface area contributed by atoms with Crippen LogP contribution in [-0.4, -0.2) is 15.8 Å². The standard InChI is InChI=1S/C15H19ClN2O2/c1-2-3-4-5-9-18-10-11(16)14-12(17-15(19)20)7-6-8-13(14)18/h6-8,10,17H,2-5,9H2,1H3,(H,19,20). The molecule has 5 heteroatoms. The molecule has 0 aliphatic heterocycles. The van der Waals surface area contributed by atoms with Crippen LogP contribution >= 0.6 is 11.6 Å². The van der Waals surface area contributed by atoms with Crippen LogP contribution in [0.3, 0.4) is 0 Å². The van der Waals surface area contributed by atoms with Crippen molar-refractivity contribution >= 4 is 34.3 Å². The Kier molecular flexibility index (Phi) is 4.90. The van der Waals surface area contributed by atoms with Crippen LogP contribution in [0.2, 0.25) is 5.02 Å². The van der Waals surface area contributed by atoms with Crippen molar-refractivity contribution < 1.29 is 9.90 Å². The van der Waals surface area contributed by atoms with Crippen LogP contribution in [0.4, 0.5) is 10.5 Å². The lowest BCUT2D eigenvalue weighted by atomic mass is 10.2. The van der Waals surface area contributed by atoms with Gasteiger partial charge in [-0.05, 0) is 18.6 Å². The number of carbonyl (C=O) groups is 1. The highest BCUT2D eigenvalue weighted by Crippen LogP contribution is 2.32. The number of rotatable bonds is 6. The number of nitrogens with zero attached hydrogens (tertiary/aromatic N) is 1. The predicted octanol–water partition coefficient (Wildman–Crippen LogP) is 4.96. The topological polar surface area (TPSA) is 54.3 Å². The van der Waals surface area contributed by atoms with Gasteiger partial charge in [-0.3, -0.25) is 5.32 Å². The van der Waals surface area contributed by atoms with E-state index in [9.17, 15) is 4.79 Å². The summed E-state index contributed by atoms with van der Waals surface area (Å²) >= 11 is 6.25. The Hall–Kier alpha value is -1.68. The third-order valence-electron chi connectivity index (χ3n) is 3.35. The van der Waals surface area contributed by atoms with Crippen LogP contribution in [0.5, 0.6) is 0 Å². The normalized spacial score (nSPS) is 10.9. The molecule has 2 aromatic rings. The molecule has 0 spiro atoms. The van der Waals surface area contributed by atoms with Gasteiger partial charge in [-0.2, -0.15) is 0 Å². The Balaban J connectivity index is 2.27. The number of hydrogen-bond acceptors (Lipinski definition) is 1. The van der Waals surface area contributed by atoms with E-state index in [-0.39, 0.29) is 0 Å². The lowest BCUT2D eigenvalue weighted by molar-refractivity contribution is 0.210. The van der Waals surface area contributed by atoms with Crippen LogP contribution in [0, 0.1) is 0 Å². The Morgan fingerprint density at radius 3 is 2.85 bits per heavy atom. The molecule has 20 heavy (non-hydrogen) atoms. The first-order chi connectivity index (χ1) is 9.63. The summed E-state index contributed by atoms with van der Waals surface area (Å²) in [6.45, 7) is 3.09. The summed E-state index contributed by atoms with van der Waals surface area (Å²) in [4.78, 5) is 10.8. The molecule has 1 heterocycles. The largest absolute Gasteiger partial charge is 0.465 e. The Morgan fingerprint density at radius 1 is 1.35 bits per heavy atom. The molecular weight excluding hydrogens is 276 g/mol. The molecule has 0 unspecified atom stereocenters. The molecule has 2 N–H and O–H groups in total. The van der Waals surface area contributed by atoms with Crippen molar-refractivity contribution in [2.75, 3.05) is 5.32 Å². The molecule has 0 saturated heterocycles. The monoisotopic (exact) mass is 294 g/mol. The highest BCUT2D eigenvalue weighted by molar-refractivity contribution is 6.37. The van der Waals surface area contributed by atoms with E-state index in [0.717, 1.165) is 23.9 Å². The van der Waals surface area contributed by atoms with Crippen LogP contribution in [-0.2, 0) is 6.54 Å². The maximum Gasteiger partial charge on any atom is 0.409 e. The number of aryl methyl sites for hydroxylation is 1. The van der Waals surface area contributed by atoms with E-state index < -0.39 is 6.09 Å². The number of unbranched alkanes of at least 4 members (excludes halogenated alkanes) is 3. The second-order valence-electron chi connectivity index (χ2n) is 4.86. The molecule has 1 aromatic heterocycles. The van der Waals surface area contributed by atoms with E-state index in [4.69, 9.17) is 16.7 Å². The van der Waals surface area contributed by atoms with E-state index in [2.05, 4.69) is 16.8 Å². The molecule has 1 amide bonds. The van der Waals surface area contributed by atoms with Gasteiger partial charge in [0, 0.05) is 18.1 Å². The second kappa shape index (κ2) is 6.66. The van der Waals surface area contributed by atoms with E-state index in [1.165, 1.54) is 19.3 Å². The average molecular weight is 295 g/mol. The van der Waals surface area contributed by atoms with Crippen molar-refractivity contribution in [2.45, 2.75) is 39.2 Å². The van der Waals surface area contributed by atoms with E-state index in [1.54, 1.807) is 6.07 Å². The van der Waals surface area contributed by atoms with Gasteiger partial charge < -0.3 is 9.67 Å². The molecule has 4 nitrogen and oxygen atoms in total. The van der Waals surface area contributed by atoms with Gasteiger partial charge in [-0.1, -0.05) is 43.9 Å². The second-order valence-corrected chi connectivity index (χ2v) is 5.27. The summed E-state index contributed by atoms with van der Waals surface area (Å²) in [5.74, 6) is 0. The van der Waals surface area contributed by atoms with E-state index >= 15 is 0 Å². The van der Waals surface area contributed by atoms with Crippen molar-refractivity contribution in [3.8, 4) is 0 Å². The van der Waals surface area contributed by atoms with Crippen LogP contribution in [0.15, 0.2) is 24.4 Å². The molecule has 0 fully saturated rings. The molecule has 0 bridgehead atoms. The van der Waals surface area contributed by atoms with Gasteiger partial charge >= 0.3 is 6.09 Å². The minimum atomic E-state index is -1.08. The Labute approximate surface area is 123 Å². The maximum absolute atomic E-state index is 10.8. The number of aromatic nitrogens is 1. The molecule has 0 atom stereocenters. The molecule has 0 aliphatic rings. The Bertz CT molecular complexity index is 607. The fourth-order valence-electron chi connectivity index (χ4n) is 2.41. The minimum absolute atomic E-state index is 0.535. The van der Waals surface area contributed by atoms with Gasteiger partial charge in [-0.15, -0.1) is 0 Å². The van der Waals surface area contributed by atoms with Gasteiger partial charge in [0.15, 0.2) is 0 Å². The number of fused-ring (bicyclic) bond motifs is 1. The lowest BCUT2D eigenvalue weighted by Crippen LogP contribution is -2.07. The zero-order valence-electron chi connectivity index (χ0n) is 11.5. The number of amides is 1. The summed E-state index contributed by atoms with van der Waals surface area (Å²) in [6, 6.07) is 5.53. The smallest absolute Gasteiger partial charge is 0.409 e. The zero-order chi connectivity index (χ0) is 14.5. The van der Waals surface area contributed by atoms with Crippen molar-refractivity contribution in [3.05, 3.63) is 29.4 Å². The molecule has 1 aromatic carbocycles. The number of nitrogens with one attached hydrogen (secondary N) is 1. The first-order valence-corrected chi connectivity index (χ1v) is 7.28. The average Bonchev–Trinajstić information content (AvgIpc) is 2.72. The first kappa shape index (κ1) is 14.7. The van der Waals surface area contributed by atoms with Gasteiger partial charge in [0.25, 0.3) is 0 Å². The SMILES string of the molecule is CCCCCCn1cc(Cl)c2c(NC(=O)O)cccc21. The predicted molar refractivity (Wildman–Crippen MR) is 82.7 cm³/mol. The van der Waals surface area contributed by atoms with Crippen LogP contribution in [0.1, 0.15) is 32.6 Å². The van der Waals surface area contributed by atoms with E-state index in [0.29, 0.717) is 10.7 Å². The van der Waals surface area contributed by atoms with Crippen molar-refractivity contribution in [2.24, 2.45) is 0 Å². The number of benzene rings is 1. The first-order valence-electron chi connectivity index (χ1n) is 6.90. The fourth-order valence-corrected chi connectivity index (χ4v) is 2.73. The van der Waals surface area contributed by atoms with Crippen LogP contribution in [0.25, 0.3) is 10.9 Å². The van der Waals surface area contributed by atoms with Crippen LogP contribution < -0.4 is 5.32 Å². The molecular formula is C15H19ClN2O2. The van der Waals surface area contributed by atoms with Gasteiger partial charge in [0.05, 0.1) is 16.2 Å². The van der Waals surface area contributed by atoms with Gasteiger partial charge in [-0.25, -0.2) is 4.79 Å². The highest BCUT2D eigenvalue weighted by Gasteiger charge is 2.12. The summed E-state index contributed by atoms with van der Waals surface area (Å²) in [7, 11) is 0. The third-order valence-corrected chi connectivity index (χ3v) is 3.64. The number of hydrogen-bond donors (Lipinski definition) is 2. The molecule has 0 saturated carbocycles. The molecule has 2 rings (SSSR count). The quantitative estimate of drug-likeness (QED) is 0.739. The summed E-state index contributed by atoms with van der Waals surface area (Å²) in [5.41, 5.74) is 1.50. The third kappa shape index (κ3) is 3.25. The summed E-state index contributed by atoms with van der Waals surface area (Å²) < 4.78 is 2.10. The number of anilines is 1. The number of halogens is 1.